The van der Waals surface area contributed by atoms with Crippen molar-refractivity contribution in [2.24, 2.45) is 7.05 Å². The molecule has 6 nitrogen and oxygen atoms in total. The smallest absolute Gasteiger partial charge is 0.203 e. The minimum atomic E-state index is 0.556. The van der Waals surface area contributed by atoms with Crippen LogP contribution in [0.5, 0.6) is 17.2 Å². The predicted molar refractivity (Wildman–Crippen MR) is 107 cm³/mol. The second kappa shape index (κ2) is 8.35. The maximum atomic E-state index is 5.44. The fourth-order valence-electron chi connectivity index (χ4n) is 2.85. The van der Waals surface area contributed by atoms with E-state index in [4.69, 9.17) is 14.2 Å². The van der Waals surface area contributed by atoms with Crippen molar-refractivity contribution in [1.29, 1.82) is 0 Å². The summed E-state index contributed by atoms with van der Waals surface area (Å²) in [6.45, 7) is 2.10. The number of thioether (sulfide) groups is 1. The zero-order chi connectivity index (χ0) is 19.4. The predicted octanol–water partition coefficient (Wildman–Crippen LogP) is 4.11. The average Bonchev–Trinajstić information content (AvgIpc) is 3.05. The van der Waals surface area contributed by atoms with Crippen LogP contribution in [-0.2, 0) is 12.8 Å². The SMILES string of the molecule is COc1cc(-c2nnc(SCc3cccc(C)c3)n2C)cc(OC)c1OC. The lowest BCUT2D eigenvalue weighted by Gasteiger charge is -2.14. The summed E-state index contributed by atoms with van der Waals surface area (Å²) in [5.74, 6) is 3.30. The van der Waals surface area contributed by atoms with Crippen molar-refractivity contribution in [3.05, 3.63) is 47.5 Å². The zero-order valence-corrected chi connectivity index (χ0v) is 17.0. The molecule has 0 aliphatic rings. The van der Waals surface area contributed by atoms with Gasteiger partial charge in [-0.15, -0.1) is 10.2 Å². The molecule has 0 N–H and O–H groups in total. The van der Waals surface area contributed by atoms with Crippen LogP contribution in [-0.4, -0.2) is 36.1 Å². The Kier molecular flexibility index (Phi) is 5.91. The molecule has 7 heteroatoms. The van der Waals surface area contributed by atoms with Gasteiger partial charge >= 0.3 is 0 Å². The number of rotatable bonds is 7. The first-order valence-corrected chi connectivity index (χ1v) is 9.44. The molecule has 1 heterocycles. The fourth-order valence-corrected chi connectivity index (χ4v) is 3.71. The number of hydrogen-bond donors (Lipinski definition) is 0. The van der Waals surface area contributed by atoms with Crippen LogP contribution in [0.25, 0.3) is 11.4 Å². The van der Waals surface area contributed by atoms with Crippen molar-refractivity contribution < 1.29 is 14.2 Å². The van der Waals surface area contributed by atoms with E-state index >= 15 is 0 Å². The minimum Gasteiger partial charge on any atom is -0.493 e. The Hall–Kier alpha value is -2.67. The average molecular weight is 385 g/mol. The number of benzene rings is 2. The molecular formula is C20H23N3O3S. The number of ether oxygens (including phenoxy) is 3. The van der Waals surface area contributed by atoms with Gasteiger partial charge in [-0.2, -0.15) is 0 Å². The maximum absolute atomic E-state index is 5.44. The Morgan fingerprint density at radius 2 is 1.67 bits per heavy atom. The molecule has 3 aromatic rings. The zero-order valence-electron chi connectivity index (χ0n) is 16.1. The molecule has 0 unspecified atom stereocenters. The van der Waals surface area contributed by atoms with Gasteiger partial charge in [0.25, 0.3) is 0 Å². The van der Waals surface area contributed by atoms with Crippen LogP contribution in [0.4, 0.5) is 0 Å². The van der Waals surface area contributed by atoms with Crippen molar-refractivity contribution in [3.8, 4) is 28.6 Å². The normalized spacial score (nSPS) is 10.7. The summed E-state index contributed by atoms with van der Waals surface area (Å²) in [4.78, 5) is 0. The summed E-state index contributed by atoms with van der Waals surface area (Å²) >= 11 is 1.65. The molecule has 0 amide bonds. The van der Waals surface area contributed by atoms with Crippen LogP contribution in [0, 0.1) is 6.92 Å². The van der Waals surface area contributed by atoms with Gasteiger partial charge in [0, 0.05) is 18.4 Å². The third kappa shape index (κ3) is 4.03. The molecule has 1 aromatic heterocycles. The Bertz CT molecular complexity index is 915. The summed E-state index contributed by atoms with van der Waals surface area (Å²) < 4.78 is 18.2. The van der Waals surface area contributed by atoms with Crippen LogP contribution in [0.2, 0.25) is 0 Å². The van der Waals surface area contributed by atoms with Crippen molar-refractivity contribution in [1.82, 2.24) is 14.8 Å². The Balaban J connectivity index is 1.88. The van der Waals surface area contributed by atoms with Gasteiger partial charge < -0.3 is 18.8 Å². The van der Waals surface area contributed by atoms with E-state index in [2.05, 4.69) is 41.4 Å². The van der Waals surface area contributed by atoms with Gasteiger partial charge in [0.05, 0.1) is 21.3 Å². The minimum absolute atomic E-state index is 0.556. The first-order valence-electron chi connectivity index (χ1n) is 8.45. The highest BCUT2D eigenvalue weighted by molar-refractivity contribution is 7.98. The van der Waals surface area contributed by atoms with Crippen molar-refractivity contribution in [2.75, 3.05) is 21.3 Å². The number of hydrogen-bond acceptors (Lipinski definition) is 6. The molecule has 2 aromatic carbocycles. The van der Waals surface area contributed by atoms with Crippen molar-refractivity contribution >= 4 is 11.8 Å². The summed E-state index contributed by atoms with van der Waals surface area (Å²) in [6, 6.07) is 12.2. The summed E-state index contributed by atoms with van der Waals surface area (Å²) in [6.07, 6.45) is 0. The second-order valence-electron chi connectivity index (χ2n) is 6.06. The van der Waals surface area contributed by atoms with E-state index in [1.54, 1.807) is 33.1 Å². The number of methoxy groups -OCH3 is 3. The Labute approximate surface area is 163 Å². The highest BCUT2D eigenvalue weighted by Gasteiger charge is 2.18. The summed E-state index contributed by atoms with van der Waals surface area (Å²) in [5.41, 5.74) is 3.36. The Morgan fingerprint density at radius 3 is 2.26 bits per heavy atom. The highest BCUT2D eigenvalue weighted by Crippen LogP contribution is 2.41. The molecule has 0 saturated carbocycles. The fraction of sp³-hybridized carbons (Fsp3) is 0.300. The molecule has 0 saturated heterocycles. The third-order valence-corrected chi connectivity index (χ3v) is 5.30. The van der Waals surface area contributed by atoms with Gasteiger partial charge in [-0.1, -0.05) is 41.6 Å². The van der Waals surface area contributed by atoms with Gasteiger partial charge in [0.2, 0.25) is 5.75 Å². The molecular weight excluding hydrogens is 362 g/mol. The number of aromatic nitrogens is 3. The van der Waals surface area contributed by atoms with Crippen LogP contribution >= 0.6 is 11.8 Å². The van der Waals surface area contributed by atoms with Gasteiger partial charge in [-0.25, -0.2) is 0 Å². The lowest BCUT2D eigenvalue weighted by Crippen LogP contribution is -1.99. The molecule has 27 heavy (non-hydrogen) atoms. The second-order valence-corrected chi connectivity index (χ2v) is 7.00. The molecule has 0 bridgehead atoms. The van der Waals surface area contributed by atoms with E-state index in [-0.39, 0.29) is 0 Å². The Morgan fingerprint density at radius 1 is 0.963 bits per heavy atom. The number of nitrogens with zero attached hydrogens (tertiary/aromatic N) is 3. The summed E-state index contributed by atoms with van der Waals surface area (Å²) in [5, 5.41) is 9.56. The molecule has 0 aliphatic heterocycles. The summed E-state index contributed by atoms with van der Waals surface area (Å²) in [7, 11) is 6.74. The van der Waals surface area contributed by atoms with E-state index in [9.17, 15) is 0 Å². The molecule has 0 fully saturated rings. The van der Waals surface area contributed by atoms with Crippen molar-refractivity contribution in [3.63, 3.8) is 0 Å². The maximum Gasteiger partial charge on any atom is 0.203 e. The monoisotopic (exact) mass is 385 g/mol. The number of aryl methyl sites for hydroxylation is 1. The lowest BCUT2D eigenvalue weighted by atomic mass is 10.1. The van der Waals surface area contributed by atoms with Crippen molar-refractivity contribution in [2.45, 2.75) is 17.8 Å². The largest absolute Gasteiger partial charge is 0.493 e. The molecule has 0 spiro atoms. The van der Waals surface area contributed by atoms with Gasteiger partial charge in [-0.05, 0) is 24.6 Å². The highest BCUT2D eigenvalue weighted by atomic mass is 32.2. The first kappa shape index (κ1) is 19.1. The van der Waals surface area contributed by atoms with Gasteiger partial charge in [-0.3, -0.25) is 0 Å². The molecule has 0 aliphatic carbocycles. The molecule has 3 rings (SSSR count). The van der Waals surface area contributed by atoms with Crippen LogP contribution < -0.4 is 14.2 Å². The van der Waals surface area contributed by atoms with Crippen LogP contribution in [0.3, 0.4) is 0 Å². The van der Waals surface area contributed by atoms with E-state index in [0.717, 1.165) is 22.3 Å². The van der Waals surface area contributed by atoms with Crippen LogP contribution in [0.15, 0.2) is 41.6 Å². The van der Waals surface area contributed by atoms with Gasteiger partial charge in [0.1, 0.15) is 0 Å². The van der Waals surface area contributed by atoms with E-state index in [0.29, 0.717) is 17.2 Å². The topological polar surface area (TPSA) is 58.4 Å². The standard InChI is InChI=1S/C20H23N3O3S/c1-13-7-6-8-14(9-13)12-27-20-22-21-19(23(20)2)15-10-16(24-3)18(26-5)17(11-15)25-4/h6-11H,12H2,1-5H3. The molecule has 142 valence electrons. The molecule has 0 radical (unpaired) electrons. The third-order valence-electron chi connectivity index (χ3n) is 4.21. The van der Waals surface area contributed by atoms with Gasteiger partial charge in [0.15, 0.2) is 22.5 Å². The van der Waals surface area contributed by atoms with E-state index in [1.807, 2.05) is 23.7 Å². The molecule has 0 atom stereocenters. The first-order chi connectivity index (χ1) is 13.1. The van der Waals surface area contributed by atoms with E-state index in [1.165, 1.54) is 11.1 Å². The van der Waals surface area contributed by atoms with E-state index < -0.39 is 0 Å². The lowest BCUT2D eigenvalue weighted by molar-refractivity contribution is 0.324. The quantitative estimate of drug-likeness (QED) is 0.571. The van der Waals surface area contributed by atoms with Crippen LogP contribution in [0.1, 0.15) is 11.1 Å².